The van der Waals surface area contributed by atoms with Crippen LogP contribution in [0, 0.1) is 18.3 Å². The molecule has 1 aliphatic carbocycles. The minimum Gasteiger partial charge on any atom is -0.381 e. The first kappa shape index (κ1) is 14.8. The second-order valence-corrected chi connectivity index (χ2v) is 7.65. The highest BCUT2D eigenvalue weighted by molar-refractivity contribution is 5.99. The smallest absolute Gasteiger partial charge is 0.165 e. The van der Waals surface area contributed by atoms with Crippen LogP contribution < -0.4 is 0 Å². The average Bonchev–Trinajstić information content (AvgIpc) is 2.74. The first-order chi connectivity index (χ1) is 9.89. The normalized spacial score (nSPS) is 23.9. The van der Waals surface area contributed by atoms with Crippen LogP contribution in [0.25, 0.3) is 0 Å². The summed E-state index contributed by atoms with van der Waals surface area (Å²) in [6.07, 6.45) is 3.94. The second-order valence-electron chi connectivity index (χ2n) is 7.65. The summed E-state index contributed by atoms with van der Waals surface area (Å²) in [6.45, 7) is 10.6. The van der Waals surface area contributed by atoms with Crippen LogP contribution in [0.1, 0.15) is 67.8 Å². The molecule has 2 heterocycles. The summed E-state index contributed by atoms with van der Waals surface area (Å²) in [4.78, 5) is 12.4. The van der Waals surface area contributed by atoms with E-state index in [0.717, 1.165) is 38.0 Å². The van der Waals surface area contributed by atoms with Crippen LogP contribution in [0.5, 0.6) is 0 Å². The largest absolute Gasteiger partial charge is 0.381 e. The number of carbonyl (C=O) groups excluding carboxylic acids is 1. The lowest BCUT2D eigenvalue weighted by molar-refractivity contribution is 0.0503. The Morgan fingerprint density at radius 1 is 1.29 bits per heavy atom. The second kappa shape index (κ2) is 5.28. The maximum atomic E-state index is 12.4. The summed E-state index contributed by atoms with van der Waals surface area (Å²) in [5, 5.41) is 0. The van der Waals surface area contributed by atoms with Gasteiger partial charge in [0, 0.05) is 42.6 Å². The molecule has 1 aliphatic heterocycles. The maximum absolute atomic E-state index is 12.4. The van der Waals surface area contributed by atoms with Gasteiger partial charge in [0.1, 0.15) is 0 Å². The number of aromatic nitrogens is 1. The van der Waals surface area contributed by atoms with Crippen LogP contribution >= 0.6 is 0 Å². The number of aryl methyl sites for hydroxylation is 1. The molecule has 2 aliphatic rings. The Morgan fingerprint density at radius 3 is 2.62 bits per heavy atom. The van der Waals surface area contributed by atoms with Crippen molar-refractivity contribution in [2.24, 2.45) is 11.3 Å². The van der Waals surface area contributed by atoms with Crippen molar-refractivity contribution in [1.82, 2.24) is 4.57 Å². The van der Waals surface area contributed by atoms with Crippen molar-refractivity contribution in [2.45, 2.75) is 59.4 Å². The first-order valence-electron chi connectivity index (χ1n) is 8.21. The van der Waals surface area contributed by atoms with Crippen molar-refractivity contribution >= 4 is 5.78 Å². The minimum absolute atomic E-state index is 0.0853. The SMILES string of the molecule is Cc1cc2c(n1C(C)C1CCOCC1)CC(C)(C)CC2=O. The molecule has 0 radical (unpaired) electrons. The third-order valence-corrected chi connectivity index (χ3v) is 5.28. The number of nitrogens with zero attached hydrogens (tertiary/aromatic N) is 1. The molecule has 1 saturated heterocycles. The van der Waals surface area contributed by atoms with Gasteiger partial charge in [-0.15, -0.1) is 0 Å². The molecule has 0 aromatic carbocycles. The van der Waals surface area contributed by atoms with Crippen molar-refractivity contribution in [3.63, 3.8) is 0 Å². The van der Waals surface area contributed by atoms with E-state index in [1.807, 2.05) is 0 Å². The summed E-state index contributed by atoms with van der Waals surface area (Å²) < 4.78 is 7.95. The van der Waals surface area contributed by atoms with E-state index < -0.39 is 0 Å². The van der Waals surface area contributed by atoms with E-state index in [4.69, 9.17) is 4.74 Å². The summed E-state index contributed by atoms with van der Waals surface area (Å²) in [5.41, 5.74) is 3.57. The Labute approximate surface area is 127 Å². The highest BCUT2D eigenvalue weighted by Gasteiger charge is 2.35. The van der Waals surface area contributed by atoms with Crippen LogP contribution in [0.2, 0.25) is 0 Å². The lowest BCUT2D eigenvalue weighted by atomic mass is 9.76. The van der Waals surface area contributed by atoms with Gasteiger partial charge in [0.2, 0.25) is 0 Å². The van der Waals surface area contributed by atoms with Crippen LogP contribution in [0.15, 0.2) is 6.07 Å². The molecule has 0 amide bonds. The molecule has 0 spiro atoms. The topological polar surface area (TPSA) is 31.2 Å². The molecule has 1 aromatic heterocycles. The number of carbonyl (C=O) groups is 1. The quantitative estimate of drug-likeness (QED) is 0.825. The summed E-state index contributed by atoms with van der Waals surface area (Å²) >= 11 is 0. The van der Waals surface area contributed by atoms with E-state index in [2.05, 4.69) is 38.3 Å². The Morgan fingerprint density at radius 2 is 1.95 bits per heavy atom. The van der Waals surface area contributed by atoms with Gasteiger partial charge in [-0.1, -0.05) is 13.8 Å². The van der Waals surface area contributed by atoms with Gasteiger partial charge in [-0.25, -0.2) is 0 Å². The highest BCUT2D eigenvalue weighted by Crippen LogP contribution is 2.39. The Bertz CT molecular complexity index is 550. The van der Waals surface area contributed by atoms with E-state index in [0.29, 0.717) is 24.2 Å². The monoisotopic (exact) mass is 289 g/mol. The molecule has 0 saturated carbocycles. The van der Waals surface area contributed by atoms with Crippen molar-refractivity contribution in [2.75, 3.05) is 13.2 Å². The van der Waals surface area contributed by atoms with Crippen molar-refractivity contribution < 1.29 is 9.53 Å². The van der Waals surface area contributed by atoms with Crippen LogP contribution in [0.4, 0.5) is 0 Å². The third kappa shape index (κ3) is 2.68. The fourth-order valence-corrected chi connectivity index (χ4v) is 4.15. The number of hydrogen-bond donors (Lipinski definition) is 0. The number of hydrogen-bond acceptors (Lipinski definition) is 2. The maximum Gasteiger partial charge on any atom is 0.165 e. The fourth-order valence-electron chi connectivity index (χ4n) is 4.15. The zero-order valence-corrected chi connectivity index (χ0v) is 13.7. The molecular weight excluding hydrogens is 262 g/mol. The van der Waals surface area contributed by atoms with Gasteiger partial charge in [-0.3, -0.25) is 4.79 Å². The molecule has 3 heteroatoms. The van der Waals surface area contributed by atoms with E-state index in [-0.39, 0.29) is 5.41 Å². The highest BCUT2D eigenvalue weighted by atomic mass is 16.5. The molecule has 21 heavy (non-hydrogen) atoms. The molecular formula is C18H27NO2. The molecule has 1 aromatic rings. The van der Waals surface area contributed by atoms with Gasteiger partial charge in [0.05, 0.1) is 0 Å². The van der Waals surface area contributed by atoms with Crippen molar-refractivity contribution in [3.05, 3.63) is 23.0 Å². The first-order valence-corrected chi connectivity index (χ1v) is 8.21. The van der Waals surface area contributed by atoms with Gasteiger partial charge in [0.25, 0.3) is 0 Å². The summed E-state index contributed by atoms with van der Waals surface area (Å²) in [5.74, 6) is 0.983. The number of ketones is 1. The van der Waals surface area contributed by atoms with Crippen LogP contribution in [-0.2, 0) is 11.2 Å². The number of fused-ring (bicyclic) bond motifs is 1. The number of Topliss-reactive ketones (excluding diaryl/α,β-unsaturated/α-hetero) is 1. The van der Waals surface area contributed by atoms with Crippen molar-refractivity contribution in [3.8, 4) is 0 Å². The Balaban J connectivity index is 1.97. The number of ether oxygens (including phenoxy) is 1. The molecule has 1 atom stereocenters. The van der Waals surface area contributed by atoms with Gasteiger partial charge in [0.15, 0.2) is 5.78 Å². The zero-order chi connectivity index (χ0) is 15.2. The van der Waals surface area contributed by atoms with E-state index in [1.54, 1.807) is 0 Å². The molecule has 3 nitrogen and oxygen atoms in total. The third-order valence-electron chi connectivity index (χ3n) is 5.28. The standard InChI is InChI=1S/C18H27NO2/c1-12-9-15-16(10-18(3,4)11-17(15)20)19(12)13(2)14-5-7-21-8-6-14/h9,13-14H,5-8,10-11H2,1-4H3. The predicted molar refractivity (Wildman–Crippen MR) is 83.9 cm³/mol. The van der Waals surface area contributed by atoms with Crippen LogP contribution in [0.3, 0.4) is 0 Å². The van der Waals surface area contributed by atoms with Crippen molar-refractivity contribution in [1.29, 1.82) is 0 Å². The molecule has 116 valence electrons. The molecule has 0 N–H and O–H groups in total. The van der Waals surface area contributed by atoms with Gasteiger partial charge in [-0.05, 0) is 50.5 Å². The molecule has 1 fully saturated rings. The molecule has 1 unspecified atom stereocenters. The van der Waals surface area contributed by atoms with E-state index >= 15 is 0 Å². The van der Waals surface area contributed by atoms with Gasteiger partial charge in [-0.2, -0.15) is 0 Å². The van der Waals surface area contributed by atoms with E-state index in [9.17, 15) is 4.79 Å². The summed E-state index contributed by atoms with van der Waals surface area (Å²) in [7, 11) is 0. The molecule has 3 rings (SSSR count). The fraction of sp³-hybridized carbons (Fsp3) is 0.722. The Hall–Kier alpha value is -1.09. The number of rotatable bonds is 2. The lowest BCUT2D eigenvalue weighted by Crippen LogP contribution is -2.31. The lowest BCUT2D eigenvalue weighted by Gasteiger charge is -2.34. The van der Waals surface area contributed by atoms with Gasteiger partial charge >= 0.3 is 0 Å². The average molecular weight is 289 g/mol. The summed E-state index contributed by atoms with van der Waals surface area (Å²) in [6, 6.07) is 2.57. The van der Waals surface area contributed by atoms with E-state index in [1.165, 1.54) is 11.4 Å². The Kier molecular flexibility index (Phi) is 3.73. The molecule has 0 bridgehead atoms. The minimum atomic E-state index is 0.0853. The predicted octanol–water partition coefficient (Wildman–Crippen LogP) is 3.94. The van der Waals surface area contributed by atoms with Gasteiger partial charge < -0.3 is 9.30 Å². The zero-order valence-electron chi connectivity index (χ0n) is 13.7. The van der Waals surface area contributed by atoms with Crippen LogP contribution in [-0.4, -0.2) is 23.6 Å².